The van der Waals surface area contributed by atoms with Crippen molar-refractivity contribution in [3.63, 3.8) is 0 Å². The van der Waals surface area contributed by atoms with E-state index in [-0.39, 0.29) is 25.0 Å². The van der Waals surface area contributed by atoms with Crippen LogP contribution in [0.4, 0.5) is 5.82 Å². The number of nitrogens with zero attached hydrogens (tertiary/aromatic N) is 2. The van der Waals surface area contributed by atoms with Crippen LogP contribution in [0, 0.1) is 0 Å². The Morgan fingerprint density at radius 2 is 2.07 bits per heavy atom. The van der Waals surface area contributed by atoms with E-state index < -0.39 is 0 Å². The Hall–Kier alpha value is -3.29. The van der Waals surface area contributed by atoms with Crippen LogP contribution in [0.2, 0.25) is 0 Å². The van der Waals surface area contributed by atoms with Gasteiger partial charge in [0.2, 0.25) is 5.91 Å². The lowest BCUT2D eigenvalue weighted by Crippen LogP contribution is -2.45. The summed E-state index contributed by atoms with van der Waals surface area (Å²) in [6, 6.07) is 9.05. The van der Waals surface area contributed by atoms with Gasteiger partial charge in [0.25, 0.3) is 5.91 Å². The van der Waals surface area contributed by atoms with Crippen molar-refractivity contribution in [2.45, 2.75) is 6.42 Å². The minimum absolute atomic E-state index is 0.0991. The molecule has 1 aliphatic rings. The van der Waals surface area contributed by atoms with Gasteiger partial charge in [0.05, 0.1) is 14.2 Å². The molecule has 3 rings (SSSR count). The highest BCUT2D eigenvalue weighted by Gasteiger charge is 2.28. The third-order valence-electron chi connectivity index (χ3n) is 4.14. The van der Waals surface area contributed by atoms with Gasteiger partial charge in [-0.05, 0) is 36.2 Å². The lowest BCUT2D eigenvalue weighted by Gasteiger charge is -2.27. The molecule has 1 aromatic heterocycles. The molecule has 142 valence electrons. The van der Waals surface area contributed by atoms with Crippen molar-refractivity contribution < 1.29 is 23.8 Å². The number of hydrogen-bond acceptors (Lipinski definition) is 6. The van der Waals surface area contributed by atoms with Gasteiger partial charge in [0, 0.05) is 12.7 Å². The minimum Gasteiger partial charge on any atom is -0.493 e. The van der Waals surface area contributed by atoms with Gasteiger partial charge in [-0.15, -0.1) is 0 Å². The molecule has 0 saturated heterocycles. The molecule has 27 heavy (non-hydrogen) atoms. The van der Waals surface area contributed by atoms with Crippen molar-refractivity contribution >= 4 is 17.6 Å². The smallest absolute Gasteiger partial charge is 0.266 e. The number of nitrogens with one attached hydrogen (secondary N) is 1. The van der Waals surface area contributed by atoms with Gasteiger partial charge in [-0.25, -0.2) is 4.98 Å². The van der Waals surface area contributed by atoms with Crippen LogP contribution in [0.25, 0.3) is 0 Å². The normalized spacial score (nSPS) is 12.8. The second-order valence-corrected chi connectivity index (χ2v) is 5.88. The van der Waals surface area contributed by atoms with Gasteiger partial charge in [-0.1, -0.05) is 6.07 Å². The number of carbonyl (C=O) groups excluding carboxylic acids is 2. The summed E-state index contributed by atoms with van der Waals surface area (Å²) in [4.78, 5) is 29.8. The van der Waals surface area contributed by atoms with Crippen molar-refractivity contribution in [2.24, 2.45) is 0 Å². The highest BCUT2D eigenvalue weighted by molar-refractivity contribution is 6.01. The van der Waals surface area contributed by atoms with Gasteiger partial charge in [-0.3, -0.25) is 14.5 Å². The van der Waals surface area contributed by atoms with Gasteiger partial charge >= 0.3 is 0 Å². The SMILES string of the molecule is COc1ccc(CCNC(=O)CN2C(=O)COc3cccnc32)cc1OC. The Morgan fingerprint density at radius 3 is 2.85 bits per heavy atom. The quantitative estimate of drug-likeness (QED) is 0.786. The number of ether oxygens (including phenoxy) is 3. The molecule has 0 aliphatic carbocycles. The van der Waals surface area contributed by atoms with Crippen LogP contribution in [0.15, 0.2) is 36.5 Å². The number of amides is 2. The number of pyridine rings is 1. The van der Waals surface area contributed by atoms with E-state index in [2.05, 4.69) is 10.3 Å². The summed E-state index contributed by atoms with van der Waals surface area (Å²) in [7, 11) is 3.16. The summed E-state index contributed by atoms with van der Waals surface area (Å²) in [5.41, 5.74) is 1.00. The largest absolute Gasteiger partial charge is 0.493 e. The number of rotatable bonds is 7. The topological polar surface area (TPSA) is 90.0 Å². The zero-order valence-electron chi connectivity index (χ0n) is 15.2. The first-order valence-corrected chi connectivity index (χ1v) is 8.48. The van der Waals surface area contributed by atoms with Gasteiger partial charge in [0.1, 0.15) is 6.54 Å². The molecular weight excluding hydrogens is 350 g/mol. The second-order valence-electron chi connectivity index (χ2n) is 5.88. The highest BCUT2D eigenvalue weighted by atomic mass is 16.5. The molecule has 2 aromatic rings. The van der Waals surface area contributed by atoms with Crippen molar-refractivity contribution in [1.29, 1.82) is 0 Å². The van der Waals surface area contributed by atoms with Crippen molar-refractivity contribution in [3.05, 3.63) is 42.1 Å². The summed E-state index contributed by atoms with van der Waals surface area (Å²) in [5.74, 6) is 1.60. The fourth-order valence-electron chi connectivity index (χ4n) is 2.78. The van der Waals surface area contributed by atoms with Crippen LogP contribution in [-0.4, -0.2) is 50.7 Å². The Kier molecular flexibility index (Phi) is 5.75. The third-order valence-corrected chi connectivity index (χ3v) is 4.14. The predicted octanol–water partition coefficient (Wildman–Crippen LogP) is 1.18. The maximum absolute atomic E-state index is 12.3. The van der Waals surface area contributed by atoms with E-state index in [0.717, 1.165) is 5.56 Å². The molecular formula is C19H21N3O5. The fraction of sp³-hybridized carbons (Fsp3) is 0.316. The second kappa shape index (κ2) is 8.39. The van der Waals surface area contributed by atoms with Crippen LogP contribution in [-0.2, 0) is 16.0 Å². The summed E-state index contributed by atoms with van der Waals surface area (Å²) in [6.07, 6.45) is 2.18. The molecule has 0 fully saturated rings. The molecule has 2 heterocycles. The minimum atomic E-state index is -0.295. The lowest BCUT2D eigenvalue weighted by atomic mass is 10.1. The Bertz CT molecular complexity index is 840. The third kappa shape index (κ3) is 4.28. The Labute approximate surface area is 157 Å². The van der Waals surface area contributed by atoms with Gasteiger partial charge < -0.3 is 19.5 Å². The molecule has 0 bridgehead atoms. The summed E-state index contributed by atoms with van der Waals surface area (Å²) >= 11 is 0. The maximum Gasteiger partial charge on any atom is 0.266 e. The van der Waals surface area contributed by atoms with Crippen molar-refractivity contribution in [3.8, 4) is 17.2 Å². The first-order chi connectivity index (χ1) is 13.1. The van der Waals surface area contributed by atoms with Gasteiger partial charge in [0.15, 0.2) is 29.7 Å². The average Bonchev–Trinajstić information content (AvgIpc) is 2.70. The number of fused-ring (bicyclic) bond motifs is 1. The van der Waals surface area contributed by atoms with Crippen LogP contribution in [0.5, 0.6) is 17.2 Å². The average molecular weight is 371 g/mol. The molecule has 0 spiro atoms. The van der Waals surface area contributed by atoms with Crippen LogP contribution in [0.3, 0.4) is 0 Å². The van der Waals surface area contributed by atoms with Crippen LogP contribution >= 0.6 is 0 Å². The van der Waals surface area contributed by atoms with E-state index in [1.807, 2.05) is 18.2 Å². The van der Waals surface area contributed by atoms with Crippen LogP contribution in [0.1, 0.15) is 5.56 Å². The number of aromatic nitrogens is 1. The van der Waals surface area contributed by atoms with E-state index in [9.17, 15) is 9.59 Å². The van der Waals surface area contributed by atoms with E-state index >= 15 is 0 Å². The monoisotopic (exact) mass is 371 g/mol. The maximum atomic E-state index is 12.3. The molecule has 8 heteroatoms. The summed E-state index contributed by atoms with van der Waals surface area (Å²) in [6.45, 7) is 0.234. The molecule has 1 aromatic carbocycles. The summed E-state index contributed by atoms with van der Waals surface area (Å²) in [5, 5.41) is 2.82. The summed E-state index contributed by atoms with van der Waals surface area (Å²) < 4.78 is 15.8. The highest BCUT2D eigenvalue weighted by Crippen LogP contribution is 2.29. The molecule has 0 atom stereocenters. The van der Waals surface area contributed by atoms with E-state index in [1.54, 1.807) is 32.5 Å². The first-order valence-electron chi connectivity index (χ1n) is 8.48. The zero-order chi connectivity index (χ0) is 19.2. The Balaban J connectivity index is 1.55. The van der Waals surface area contributed by atoms with Crippen LogP contribution < -0.4 is 24.4 Å². The molecule has 2 amide bonds. The first kappa shape index (κ1) is 18.5. The van der Waals surface area contributed by atoms with E-state index in [0.29, 0.717) is 36.0 Å². The standard InChI is InChI=1S/C19H21N3O5/c1-25-14-6-5-13(10-16(14)26-2)7-9-20-17(23)11-22-18(24)12-27-15-4-3-8-21-19(15)22/h3-6,8,10H,7,9,11-12H2,1-2H3,(H,20,23). The molecule has 8 nitrogen and oxygen atoms in total. The number of benzene rings is 1. The predicted molar refractivity (Wildman–Crippen MR) is 98.3 cm³/mol. The van der Waals surface area contributed by atoms with E-state index in [4.69, 9.17) is 14.2 Å². The molecule has 1 N–H and O–H groups in total. The lowest BCUT2D eigenvalue weighted by molar-refractivity contribution is -0.125. The number of hydrogen-bond donors (Lipinski definition) is 1. The molecule has 0 saturated carbocycles. The van der Waals surface area contributed by atoms with Crippen molar-refractivity contribution in [2.75, 3.05) is 38.8 Å². The zero-order valence-corrected chi connectivity index (χ0v) is 15.2. The van der Waals surface area contributed by atoms with Gasteiger partial charge in [-0.2, -0.15) is 0 Å². The van der Waals surface area contributed by atoms with E-state index in [1.165, 1.54) is 4.90 Å². The Morgan fingerprint density at radius 1 is 1.26 bits per heavy atom. The molecule has 1 aliphatic heterocycles. The molecule has 0 radical (unpaired) electrons. The van der Waals surface area contributed by atoms with Crippen molar-refractivity contribution in [1.82, 2.24) is 10.3 Å². The molecule has 0 unspecified atom stereocenters. The number of anilines is 1. The number of carbonyl (C=O) groups is 2. The number of methoxy groups -OCH3 is 2. The fourth-order valence-corrected chi connectivity index (χ4v) is 2.78.